The predicted octanol–water partition coefficient (Wildman–Crippen LogP) is 3.82. The molecule has 144 valence electrons. The van der Waals surface area contributed by atoms with Crippen LogP contribution in [0.5, 0.6) is 5.75 Å². The number of ether oxygens (including phenoxy) is 1. The number of carbonyl (C=O) groups excluding carboxylic acids is 1. The molecule has 2 amide bonds. The minimum Gasteiger partial charge on any atom is -0.494 e. The molecule has 1 aromatic heterocycles. The molecule has 1 aliphatic rings. The molecule has 4 rings (SSSR count). The van der Waals surface area contributed by atoms with Crippen molar-refractivity contribution in [1.82, 2.24) is 19.9 Å². The normalized spacial score (nSPS) is 16.2. The standard InChI is InChI=1S/C21H23N5O2/c1-2-28-19-10-8-17(9-11-19)22-21(27)25-13-12-18(14-25)26-15-20(23-24-26)16-6-4-3-5-7-16/h3-11,15,18H,2,12-14H2,1H3,(H,22,27). The quantitative estimate of drug-likeness (QED) is 0.734. The van der Waals surface area contributed by atoms with E-state index in [1.54, 1.807) is 0 Å². The monoisotopic (exact) mass is 377 g/mol. The van der Waals surface area contributed by atoms with Gasteiger partial charge in [0.2, 0.25) is 0 Å². The van der Waals surface area contributed by atoms with Gasteiger partial charge in [-0.1, -0.05) is 35.5 Å². The Morgan fingerprint density at radius 2 is 1.96 bits per heavy atom. The molecule has 28 heavy (non-hydrogen) atoms. The van der Waals surface area contributed by atoms with Crippen molar-refractivity contribution < 1.29 is 9.53 Å². The van der Waals surface area contributed by atoms with E-state index in [0.29, 0.717) is 19.7 Å². The molecule has 1 N–H and O–H groups in total. The third-order valence-electron chi connectivity index (χ3n) is 4.82. The predicted molar refractivity (Wildman–Crippen MR) is 107 cm³/mol. The summed E-state index contributed by atoms with van der Waals surface area (Å²) in [7, 11) is 0. The average Bonchev–Trinajstić information content (AvgIpc) is 3.40. The SMILES string of the molecule is CCOc1ccc(NC(=O)N2CCC(n3cc(-c4ccccc4)nn3)C2)cc1. The van der Waals surface area contributed by atoms with Gasteiger partial charge in [0.05, 0.1) is 18.8 Å². The number of nitrogens with zero attached hydrogens (tertiary/aromatic N) is 4. The third-order valence-corrected chi connectivity index (χ3v) is 4.82. The van der Waals surface area contributed by atoms with Crippen LogP contribution in [0, 0.1) is 0 Å². The molecule has 0 spiro atoms. The minimum atomic E-state index is -0.102. The lowest BCUT2D eigenvalue weighted by atomic mass is 10.2. The topological polar surface area (TPSA) is 72.3 Å². The highest BCUT2D eigenvalue weighted by Crippen LogP contribution is 2.24. The van der Waals surface area contributed by atoms with Crippen LogP contribution >= 0.6 is 0 Å². The Balaban J connectivity index is 1.36. The van der Waals surface area contributed by atoms with Crippen LogP contribution in [0.2, 0.25) is 0 Å². The molecule has 0 bridgehead atoms. The molecule has 1 unspecified atom stereocenters. The number of likely N-dealkylation sites (tertiary alicyclic amines) is 1. The number of urea groups is 1. The summed E-state index contributed by atoms with van der Waals surface area (Å²) >= 11 is 0. The van der Waals surface area contributed by atoms with Crippen LogP contribution < -0.4 is 10.1 Å². The second kappa shape index (κ2) is 8.12. The van der Waals surface area contributed by atoms with Crippen LogP contribution in [0.3, 0.4) is 0 Å². The van der Waals surface area contributed by atoms with Gasteiger partial charge in [0.1, 0.15) is 11.4 Å². The zero-order valence-electron chi connectivity index (χ0n) is 15.8. The molecule has 1 fully saturated rings. The Morgan fingerprint density at radius 1 is 1.18 bits per heavy atom. The Morgan fingerprint density at radius 3 is 2.71 bits per heavy atom. The van der Waals surface area contributed by atoms with Crippen LogP contribution in [0.4, 0.5) is 10.5 Å². The Hall–Kier alpha value is -3.35. The van der Waals surface area contributed by atoms with Gasteiger partial charge in [-0.2, -0.15) is 0 Å². The molecule has 2 aromatic carbocycles. The first-order chi connectivity index (χ1) is 13.7. The summed E-state index contributed by atoms with van der Waals surface area (Å²) < 4.78 is 7.29. The lowest BCUT2D eigenvalue weighted by Crippen LogP contribution is -2.33. The Bertz CT molecular complexity index is 923. The number of rotatable bonds is 5. The molecular formula is C21H23N5O2. The lowest BCUT2D eigenvalue weighted by molar-refractivity contribution is 0.220. The van der Waals surface area contributed by atoms with Gasteiger partial charge in [-0.05, 0) is 37.6 Å². The van der Waals surface area contributed by atoms with Crippen molar-refractivity contribution in [1.29, 1.82) is 0 Å². The molecule has 1 aliphatic heterocycles. The number of benzene rings is 2. The van der Waals surface area contributed by atoms with Crippen molar-refractivity contribution in [3.05, 3.63) is 60.8 Å². The summed E-state index contributed by atoms with van der Waals surface area (Å²) in [5.74, 6) is 0.794. The van der Waals surface area contributed by atoms with Crippen molar-refractivity contribution in [3.63, 3.8) is 0 Å². The minimum absolute atomic E-state index is 0.102. The number of hydrogen-bond acceptors (Lipinski definition) is 4. The van der Waals surface area contributed by atoms with E-state index in [4.69, 9.17) is 4.74 Å². The fraction of sp³-hybridized carbons (Fsp3) is 0.286. The van der Waals surface area contributed by atoms with Crippen molar-refractivity contribution in [2.45, 2.75) is 19.4 Å². The zero-order valence-corrected chi connectivity index (χ0v) is 15.8. The average molecular weight is 377 g/mol. The number of hydrogen-bond donors (Lipinski definition) is 1. The highest BCUT2D eigenvalue weighted by Gasteiger charge is 2.28. The highest BCUT2D eigenvalue weighted by molar-refractivity contribution is 5.89. The van der Waals surface area contributed by atoms with E-state index in [9.17, 15) is 4.79 Å². The Kier molecular flexibility index (Phi) is 5.23. The maximum absolute atomic E-state index is 12.6. The van der Waals surface area contributed by atoms with Crippen molar-refractivity contribution in [2.24, 2.45) is 0 Å². The molecule has 3 aromatic rings. The smallest absolute Gasteiger partial charge is 0.321 e. The summed E-state index contributed by atoms with van der Waals surface area (Å²) in [6.45, 7) is 3.86. The molecule has 0 radical (unpaired) electrons. The van der Waals surface area contributed by atoms with Crippen LogP contribution in [0.1, 0.15) is 19.4 Å². The fourth-order valence-corrected chi connectivity index (χ4v) is 3.34. The maximum Gasteiger partial charge on any atom is 0.321 e. The summed E-state index contributed by atoms with van der Waals surface area (Å²) in [6.07, 6.45) is 2.81. The van der Waals surface area contributed by atoms with Crippen molar-refractivity contribution in [2.75, 3.05) is 25.0 Å². The molecule has 1 atom stereocenters. The second-order valence-electron chi connectivity index (χ2n) is 6.73. The molecule has 0 saturated carbocycles. The molecular weight excluding hydrogens is 354 g/mol. The van der Waals surface area contributed by atoms with Gasteiger partial charge in [-0.3, -0.25) is 0 Å². The van der Waals surface area contributed by atoms with Crippen molar-refractivity contribution in [3.8, 4) is 17.0 Å². The second-order valence-corrected chi connectivity index (χ2v) is 6.73. The largest absolute Gasteiger partial charge is 0.494 e. The Labute approximate surface area is 163 Å². The van der Waals surface area contributed by atoms with Crippen LogP contribution in [-0.4, -0.2) is 45.6 Å². The van der Waals surface area contributed by atoms with E-state index < -0.39 is 0 Å². The maximum atomic E-state index is 12.6. The highest BCUT2D eigenvalue weighted by atomic mass is 16.5. The van der Waals surface area contributed by atoms with Gasteiger partial charge in [0, 0.05) is 24.3 Å². The number of nitrogens with one attached hydrogen (secondary N) is 1. The van der Waals surface area contributed by atoms with E-state index in [-0.39, 0.29) is 12.1 Å². The van der Waals surface area contributed by atoms with Crippen LogP contribution in [-0.2, 0) is 0 Å². The lowest BCUT2D eigenvalue weighted by Gasteiger charge is -2.17. The van der Waals surface area contributed by atoms with Crippen molar-refractivity contribution >= 4 is 11.7 Å². The summed E-state index contributed by atoms with van der Waals surface area (Å²) in [5.41, 5.74) is 2.64. The van der Waals surface area contributed by atoms with Gasteiger partial charge in [0.25, 0.3) is 0 Å². The molecule has 7 nitrogen and oxygen atoms in total. The van der Waals surface area contributed by atoms with E-state index in [0.717, 1.165) is 29.1 Å². The number of anilines is 1. The van der Waals surface area contributed by atoms with E-state index in [1.807, 2.05) is 77.3 Å². The van der Waals surface area contributed by atoms with Gasteiger partial charge in [-0.25, -0.2) is 9.48 Å². The summed E-state index contributed by atoms with van der Waals surface area (Å²) in [4.78, 5) is 14.4. The first-order valence-electron chi connectivity index (χ1n) is 9.49. The van der Waals surface area contributed by atoms with E-state index in [1.165, 1.54) is 0 Å². The molecule has 2 heterocycles. The fourth-order valence-electron chi connectivity index (χ4n) is 3.34. The first-order valence-corrected chi connectivity index (χ1v) is 9.49. The molecule has 1 saturated heterocycles. The van der Waals surface area contributed by atoms with Crippen LogP contribution in [0.15, 0.2) is 60.8 Å². The molecule has 7 heteroatoms. The zero-order chi connectivity index (χ0) is 19.3. The van der Waals surface area contributed by atoms with Gasteiger partial charge in [0.15, 0.2) is 0 Å². The summed E-state index contributed by atoms with van der Waals surface area (Å²) in [5, 5.41) is 11.5. The van der Waals surface area contributed by atoms with E-state index in [2.05, 4.69) is 15.6 Å². The first kappa shape index (κ1) is 18.0. The number of carbonyl (C=O) groups is 1. The molecule has 0 aliphatic carbocycles. The summed E-state index contributed by atoms with van der Waals surface area (Å²) in [6, 6.07) is 17.4. The van der Waals surface area contributed by atoms with Gasteiger partial charge in [-0.15, -0.1) is 5.10 Å². The van der Waals surface area contributed by atoms with Gasteiger partial charge < -0.3 is 15.0 Å². The number of aromatic nitrogens is 3. The van der Waals surface area contributed by atoms with Gasteiger partial charge >= 0.3 is 6.03 Å². The number of amides is 2. The van der Waals surface area contributed by atoms with Crippen LogP contribution in [0.25, 0.3) is 11.3 Å². The third kappa shape index (κ3) is 3.98. The van der Waals surface area contributed by atoms with E-state index >= 15 is 0 Å².